The van der Waals surface area contributed by atoms with Crippen molar-refractivity contribution in [1.82, 2.24) is 10.2 Å². The predicted molar refractivity (Wildman–Crippen MR) is 86.3 cm³/mol. The Balaban J connectivity index is 1.81. The Bertz CT molecular complexity index is 525. The first-order chi connectivity index (χ1) is 10.1. The first-order valence-corrected chi connectivity index (χ1v) is 8.19. The van der Waals surface area contributed by atoms with Gasteiger partial charge in [0, 0.05) is 30.5 Å². The smallest absolute Gasteiger partial charge is 0.252 e. The van der Waals surface area contributed by atoms with Gasteiger partial charge in [-0.15, -0.1) is 0 Å². The molecule has 0 unspecified atom stereocenters. The summed E-state index contributed by atoms with van der Waals surface area (Å²) in [4.78, 5) is 26.0. The fourth-order valence-electron chi connectivity index (χ4n) is 2.49. The summed E-state index contributed by atoms with van der Waals surface area (Å²) in [5.74, 6) is -0.00433. The second-order valence-electron chi connectivity index (χ2n) is 5.43. The highest BCUT2D eigenvalue weighted by atomic mass is 79.9. The molecule has 0 spiro atoms. The highest BCUT2D eigenvalue weighted by molar-refractivity contribution is 9.10. The lowest BCUT2D eigenvalue weighted by Gasteiger charge is -2.26. The molecule has 1 aromatic rings. The van der Waals surface area contributed by atoms with Crippen LogP contribution in [0.25, 0.3) is 0 Å². The molecule has 0 aromatic heterocycles. The van der Waals surface area contributed by atoms with E-state index in [1.54, 1.807) is 0 Å². The molecule has 21 heavy (non-hydrogen) atoms. The largest absolute Gasteiger partial charge is 0.351 e. The van der Waals surface area contributed by atoms with E-state index >= 15 is 0 Å². The third-order valence-electron chi connectivity index (χ3n) is 3.70. The van der Waals surface area contributed by atoms with E-state index in [0.29, 0.717) is 18.5 Å². The maximum atomic E-state index is 12.1. The molecule has 0 aliphatic carbocycles. The highest BCUT2D eigenvalue weighted by Gasteiger charge is 2.16. The molecule has 1 N–H and O–H groups in total. The molecule has 114 valence electrons. The van der Waals surface area contributed by atoms with Crippen LogP contribution in [-0.4, -0.2) is 36.3 Å². The molecule has 4 nitrogen and oxygen atoms in total. The molecule has 0 radical (unpaired) electrons. The lowest BCUT2D eigenvalue weighted by molar-refractivity contribution is -0.131. The summed E-state index contributed by atoms with van der Waals surface area (Å²) < 4.78 is 0.771. The molecule has 1 saturated heterocycles. The molecule has 5 heteroatoms. The third-order valence-corrected chi connectivity index (χ3v) is 4.39. The maximum Gasteiger partial charge on any atom is 0.252 e. The molecule has 1 aromatic carbocycles. The van der Waals surface area contributed by atoms with Gasteiger partial charge in [0.05, 0.1) is 5.56 Å². The second-order valence-corrected chi connectivity index (χ2v) is 6.28. The van der Waals surface area contributed by atoms with E-state index in [4.69, 9.17) is 0 Å². The van der Waals surface area contributed by atoms with Gasteiger partial charge in [-0.3, -0.25) is 9.59 Å². The molecular formula is C16H21BrN2O2. The van der Waals surface area contributed by atoms with Gasteiger partial charge in [0.1, 0.15) is 0 Å². The first-order valence-electron chi connectivity index (χ1n) is 7.40. The number of nitrogens with zero attached hydrogens (tertiary/aromatic N) is 1. The summed E-state index contributed by atoms with van der Waals surface area (Å²) >= 11 is 3.38. The zero-order valence-corrected chi connectivity index (χ0v) is 13.9. The molecule has 2 amide bonds. The lowest BCUT2D eigenvalue weighted by atomic mass is 10.1. The van der Waals surface area contributed by atoms with Gasteiger partial charge < -0.3 is 10.2 Å². The average molecular weight is 353 g/mol. The van der Waals surface area contributed by atoms with E-state index in [1.165, 1.54) is 6.42 Å². The van der Waals surface area contributed by atoms with Crippen molar-refractivity contribution in [2.24, 2.45) is 0 Å². The molecule has 1 fully saturated rings. The van der Waals surface area contributed by atoms with Crippen molar-refractivity contribution in [3.05, 3.63) is 33.8 Å². The standard InChI is InChI=1S/C16H21BrN2O2/c1-12-5-6-14(17)13(11-12)16(21)18-8-7-15(20)19-9-3-2-4-10-19/h5-6,11H,2-4,7-10H2,1H3,(H,18,21). The summed E-state index contributed by atoms with van der Waals surface area (Å²) in [6.45, 7) is 4.05. The summed E-state index contributed by atoms with van der Waals surface area (Å²) in [6, 6.07) is 5.65. The van der Waals surface area contributed by atoms with Crippen LogP contribution in [0, 0.1) is 6.92 Å². The Hall–Kier alpha value is -1.36. The number of hydrogen-bond acceptors (Lipinski definition) is 2. The monoisotopic (exact) mass is 352 g/mol. The minimum absolute atomic E-state index is 0.137. The quantitative estimate of drug-likeness (QED) is 0.905. The van der Waals surface area contributed by atoms with E-state index in [1.807, 2.05) is 30.0 Å². The summed E-state index contributed by atoms with van der Waals surface area (Å²) in [6.07, 6.45) is 3.76. The minimum Gasteiger partial charge on any atom is -0.351 e. The molecule has 1 aliphatic rings. The fraction of sp³-hybridized carbons (Fsp3) is 0.500. The van der Waals surface area contributed by atoms with Crippen LogP contribution in [-0.2, 0) is 4.79 Å². The van der Waals surface area contributed by atoms with Crippen molar-refractivity contribution in [2.75, 3.05) is 19.6 Å². The Morgan fingerprint density at radius 2 is 1.95 bits per heavy atom. The first kappa shape index (κ1) is 16.0. The van der Waals surface area contributed by atoms with Crippen LogP contribution in [0.4, 0.5) is 0 Å². The number of carbonyl (C=O) groups is 2. The molecule has 0 saturated carbocycles. The fourth-order valence-corrected chi connectivity index (χ4v) is 2.92. The molecular weight excluding hydrogens is 332 g/mol. The second kappa shape index (κ2) is 7.59. The highest BCUT2D eigenvalue weighted by Crippen LogP contribution is 2.18. The molecule has 0 bridgehead atoms. The Kier molecular flexibility index (Phi) is 5.79. The summed E-state index contributed by atoms with van der Waals surface area (Å²) in [5, 5.41) is 2.82. The van der Waals surface area contributed by atoms with Crippen molar-refractivity contribution in [1.29, 1.82) is 0 Å². The van der Waals surface area contributed by atoms with E-state index in [9.17, 15) is 9.59 Å². The normalized spacial score (nSPS) is 14.9. The number of rotatable bonds is 4. The van der Waals surface area contributed by atoms with Crippen LogP contribution in [0.1, 0.15) is 41.6 Å². The molecule has 0 atom stereocenters. The van der Waals surface area contributed by atoms with Gasteiger partial charge in [0.2, 0.25) is 5.91 Å². The van der Waals surface area contributed by atoms with E-state index in [2.05, 4.69) is 21.2 Å². The zero-order chi connectivity index (χ0) is 15.2. The number of amides is 2. The van der Waals surface area contributed by atoms with Crippen LogP contribution in [0.2, 0.25) is 0 Å². The number of likely N-dealkylation sites (tertiary alicyclic amines) is 1. The maximum absolute atomic E-state index is 12.1. The number of halogens is 1. The zero-order valence-electron chi connectivity index (χ0n) is 12.3. The van der Waals surface area contributed by atoms with Crippen LogP contribution < -0.4 is 5.32 Å². The number of benzene rings is 1. The Morgan fingerprint density at radius 1 is 1.24 bits per heavy atom. The number of piperidine rings is 1. The van der Waals surface area contributed by atoms with Gasteiger partial charge in [-0.25, -0.2) is 0 Å². The van der Waals surface area contributed by atoms with Crippen molar-refractivity contribution < 1.29 is 9.59 Å². The van der Waals surface area contributed by atoms with Crippen molar-refractivity contribution in [2.45, 2.75) is 32.6 Å². The molecule has 1 heterocycles. The predicted octanol–water partition coefficient (Wildman–Crippen LogP) is 2.89. The van der Waals surface area contributed by atoms with Crippen molar-refractivity contribution in [3.63, 3.8) is 0 Å². The summed E-state index contributed by atoms with van der Waals surface area (Å²) in [7, 11) is 0. The summed E-state index contributed by atoms with van der Waals surface area (Å²) in [5.41, 5.74) is 1.65. The van der Waals surface area contributed by atoms with Crippen LogP contribution >= 0.6 is 15.9 Å². The van der Waals surface area contributed by atoms with Gasteiger partial charge >= 0.3 is 0 Å². The van der Waals surface area contributed by atoms with Crippen molar-refractivity contribution in [3.8, 4) is 0 Å². The van der Waals surface area contributed by atoms with E-state index in [-0.39, 0.29) is 11.8 Å². The van der Waals surface area contributed by atoms with Gasteiger partial charge in [0.15, 0.2) is 0 Å². The minimum atomic E-state index is -0.142. The average Bonchev–Trinajstić information content (AvgIpc) is 2.50. The van der Waals surface area contributed by atoms with E-state index < -0.39 is 0 Å². The topological polar surface area (TPSA) is 49.4 Å². The Labute approximate surface area is 134 Å². The Morgan fingerprint density at radius 3 is 2.67 bits per heavy atom. The van der Waals surface area contributed by atoms with Crippen molar-refractivity contribution >= 4 is 27.7 Å². The number of hydrogen-bond donors (Lipinski definition) is 1. The van der Waals surface area contributed by atoms with Gasteiger partial charge in [-0.1, -0.05) is 11.6 Å². The van der Waals surface area contributed by atoms with Gasteiger partial charge in [-0.05, 0) is 54.2 Å². The van der Waals surface area contributed by atoms with Gasteiger partial charge in [0.25, 0.3) is 5.91 Å². The molecule has 1 aliphatic heterocycles. The van der Waals surface area contributed by atoms with Crippen LogP contribution in [0.15, 0.2) is 22.7 Å². The lowest BCUT2D eigenvalue weighted by Crippen LogP contribution is -2.37. The van der Waals surface area contributed by atoms with Crippen LogP contribution in [0.5, 0.6) is 0 Å². The number of nitrogens with one attached hydrogen (secondary N) is 1. The van der Waals surface area contributed by atoms with Crippen LogP contribution in [0.3, 0.4) is 0 Å². The SMILES string of the molecule is Cc1ccc(Br)c(C(=O)NCCC(=O)N2CCCCC2)c1. The molecule has 2 rings (SSSR count). The number of aryl methyl sites for hydroxylation is 1. The number of carbonyl (C=O) groups excluding carboxylic acids is 2. The third kappa shape index (κ3) is 4.56. The van der Waals surface area contributed by atoms with E-state index in [0.717, 1.165) is 36.0 Å². The van der Waals surface area contributed by atoms with Gasteiger partial charge in [-0.2, -0.15) is 0 Å².